The van der Waals surface area contributed by atoms with E-state index in [0.717, 1.165) is 5.33 Å². The smallest absolute Gasteiger partial charge is 0.0212 e. The maximum atomic E-state index is 3.40. The van der Waals surface area contributed by atoms with Crippen molar-refractivity contribution in [2.24, 2.45) is 10.8 Å². The van der Waals surface area contributed by atoms with Gasteiger partial charge in [0.05, 0.1) is 0 Å². The molecule has 0 aliphatic heterocycles. The quantitative estimate of drug-likeness (QED) is 0.484. The van der Waals surface area contributed by atoms with Crippen molar-refractivity contribution in [1.82, 2.24) is 0 Å². The van der Waals surface area contributed by atoms with Crippen LogP contribution in [0.5, 0.6) is 0 Å². The molecule has 0 saturated carbocycles. The second-order valence-corrected chi connectivity index (χ2v) is 5.60. The van der Waals surface area contributed by atoms with Gasteiger partial charge < -0.3 is 0 Å². The third kappa shape index (κ3) is 3.84. The molecule has 0 atom stereocenters. The van der Waals surface area contributed by atoms with Crippen LogP contribution < -0.4 is 0 Å². The highest BCUT2D eigenvalue weighted by Crippen LogP contribution is 2.43. The number of hydrogen-bond acceptors (Lipinski definition) is 0. The second-order valence-electron chi connectivity index (χ2n) is 4.95. The number of rotatable bonds is 5. The fourth-order valence-corrected chi connectivity index (χ4v) is 1.46. The Morgan fingerprint density at radius 3 is 1.92 bits per heavy atom. The highest BCUT2D eigenvalue weighted by Gasteiger charge is 2.33. The van der Waals surface area contributed by atoms with Crippen LogP contribution in [0.25, 0.3) is 0 Å². The molecule has 0 aromatic heterocycles. The van der Waals surface area contributed by atoms with Crippen LogP contribution in [-0.2, 0) is 0 Å². The first-order chi connectivity index (χ1) is 5.87. The molecule has 0 fully saturated rings. The number of allylic oxidation sites excluding steroid dienone is 2. The van der Waals surface area contributed by atoms with E-state index in [1.165, 1.54) is 12.8 Å². The zero-order valence-electron chi connectivity index (χ0n) is 9.65. The van der Waals surface area contributed by atoms with E-state index in [0.29, 0.717) is 10.8 Å². The summed E-state index contributed by atoms with van der Waals surface area (Å²) < 4.78 is 0. The fourth-order valence-electron chi connectivity index (χ4n) is 1.20. The molecule has 1 heteroatoms. The molecular weight excluding hydrogens is 224 g/mol. The Labute approximate surface area is 91.9 Å². The van der Waals surface area contributed by atoms with Gasteiger partial charge in [0.2, 0.25) is 0 Å². The monoisotopic (exact) mass is 246 g/mol. The van der Waals surface area contributed by atoms with Gasteiger partial charge in [-0.15, -0.1) is 0 Å². The van der Waals surface area contributed by atoms with Crippen LogP contribution in [0.4, 0.5) is 0 Å². The van der Waals surface area contributed by atoms with Crippen LogP contribution in [0.2, 0.25) is 0 Å². The van der Waals surface area contributed by atoms with Crippen molar-refractivity contribution >= 4 is 15.9 Å². The summed E-state index contributed by atoms with van der Waals surface area (Å²) in [7, 11) is 0. The van der Waals surface area contributed by atoms with Gasteiger partial charge in [-0.25, -0.2) is 0 Å². The van der Waals surface area contributed by atoms with Crippen LogP contribution in [0.3, 0.4) is 0 Å². The molecule has 0 aliphatic carbocycles. The lowest BCUT2D eigenvalue weighted by Crippen LogP contribution is -2.31. The summed E-state index contributed by atoms with van der Waals surface area (Å²) in [5.74, 6) is 0. The normalized spacial score (nSPS) is 14.0. The molecule has 0 saturated heterocycles. The molecule has 0 radical (unpaired) electrons. The Kier molecular flexibility index (Phi) is 5.28. The first kappa shape index (κ1) is 13.2. The van der Waals surface area contributed by atoms with Gasteiger partial charge in [0.25, 0.3) is 0 Å². The van der Waals surface area contributed by atoms with E-state index < -0.39 is 0 Å². The van der Waals surface area contributed by atoms with Crippen LogP contribution in [-0.4, -0.2) is 5.33 Å². The highest BCUT2D eigenvalue weighted by atomic mass is 79.9. The zero-order chi connectivity index (χ0) is 10.5. The standard InChI is InChI=1S/C12H23Br/c1-6-11(2,3)12(4,5)9-7-8-10-13/h7-8H,6,9-10H2,1-5H3. The highest BCUT2D eigenvalue weighted by molar-refractivity contribution is 9.09. The lowest BCUT2D eigenvalue weighted by Gasteiger charge is -2.40. The van der Waals surface area contributed by atoms with E-state index in [1.807, 2.05) is 0 Å². The van der Waals surface area contributed by atoms with Crippen LogP contribution in [0.1, 0.15) is 47.5 Å². The summed E-state index contributed by atoms with van der Waals surface area (Å²) in [6.07, 6.45) is 6.88. The molecule has 0 amide bonds. The molecule has 0 spiro atoms. The molecule has 0 bridgehead atoms. The van der Waals surface area contributed by atoms with E-state index in [9.17, 15) is 0 Å². The SMILES string of the molecule is CCC(C)(C)C(C)(C)CC=CCBr. The van der Waals surface area contributed by atoms with Crippen molar-refractivity contribution in [2.45, 2.75) is 47.5 Å². The first-order valence-corrected chi connectivity index (χ1v) is 6.20. The fraction of sp³-hybridized carbons (Fsp3) is 0.833. The lowest BCUT2D eigenvalue weighted by molar-refractivity contribution is 0.108. The molecule has 0 N–H and O–H groups in total. The molecule has 78 valence electrons. The third-order valence-corrected chi connectivity index (χ3v) is 3.97. The minimum Gasteiger partial charge on any atom is -0.0883 e. The van der Waals surface area contributed by atoms with E-state index in [-0.39, 0.29) is 0 Å². The molecule has 0 aromatic rings. The number of hydrogen-bond donors (Lipinski definition) is 0. The maximum absolute atomic E-state index is 3.40. The predicted octanol–water partition coefficient (Wildman–Crippen LogP) is 4.79. The van der Waals surface area contributed by atoms with E-state index in [1.54, 1.807) is 0 Å². The summed E-state index contributed by atoms with van der Waals surface area (Å²) in [6, 6.07) is 0. The summed E-state index contributed by atoms with van der Waals surface area (Å²) in [5, 5.41) is 0.968. The Balaban J connectivity index is 4.30. The Bertz CT molecular complexity index is 166. The number of alkyl halides is 1. The molecular formula is C12H23Br. The molecule has 13 heavy (non-hydrogen) atoms. The Hall–Kier alpha value is 0.220. The molecule has 0 rings (SSSR count). The topological polar surface area (TPSA) is 0 Å². The lowest BCUT2D eigenvalue weighted by atomic mass is 9.65. The summed E-state index contributed by atoms with van der Waals surface area (Å²) in [6.45, 7) is 11.7. The minimum absolute atomic E-state index is 0.389. The van der Waals surface area contributed by atoms with Crippen molar-refractivity contribution in [3.05, 3.63) is 12.2 Å². The predicted molar refractivity (Wildman–Crippen MR) is 65.4 cm³/mol. The molecule has 0 aliphatic rings. The zero-order valence-corrected chi connectivity index (χ0v) is 11.2. The van der Waals surface area contributed by atoms with Gasteiger partial charge in [-0.3, -0.25) is 0 Å². The van der Waals surface area contributed by atoms with Gasteiger partial charge in [-0.05, 0) is 17.3 Å². The molecule has 0 aromatic carbocycles. The summed E-state index contributed by atoms with van der Waals surface area (Å²) in [4.78, 5) is 0. The average Bonchev–Trinajstić information content (AvgIpc) is 2.04. The number of halogens is 1. The van der Waals surface area contributed by atoms with Gasteiger partial charge in [0.1, 0.15) is 0 Å². The molecule has 0 nitrogen and oxygen atoms in total. The Morgan fingerprint density at radius 1 is 1.00 bits per heavy atom. The maximum Gasteiger partial charge on any atom is 0.0212 e. The second kappa shape index (κ2) is 5.19. The van der Waals surface area contributed by atoms with E-state index >= 15 is 0 Å². The minimum atomic E-state index is 0.389. The van der Waals surface area contributed by atoms with Crippen molar-refractivity contribution < 1.29 is 0 Å². The first-order valence-electron chi connectivity index (χ1n) is 5.08. The summed E-state index contributed by atoms with van der Waals surface area (Å²) >= 11 is 3.40. The van der Waals surface area contributed by atoms with Crippen molar-refractivity contribution in [2.75, 3.05) is 5.33 Å². The van der Waals surface area contributed by atoms with E-state index in [4.69, 9.17) is 0 Å². The largest absolute Gasteiger partial charge is 0.0883 e. The van der Waals surface area contributed by atoms with Crippen LogP contribution >= 0.6 is 15.9 Å². The van der Waals surface area contributed by atoms with E-state index in [2.05, 4.69) is 62.7 Å². The molecule has 0 unspecified atom stereocenters. The van der Waals surface area contributed by atoms with Crippen molar-refractivity contribution in [3.63, 3.8) is 0 Å². The molecule has 0 heterocycles. The third-order valence-electron chi connectivity index (χ3n) is 3.60. The van der Waals surface area contributed by atoms with Crippen molar-refractivity contribution in [1.29, 1.82) is 0 Å². The van der Waals surface area contributed by atoms with Crippen molar-refractivity contribution in [3.8, 4) is 0 Å². The van der Waals surface area contributed by atoms with Gasteiger partial charge >= 0.3 is 0 Å². The average molecular weight is 247 g/mol. The van der Waals surface area contributed by atoms with Crippen LogP contribution in [0, 0.1) is 10.8 Å². The van der Waals surface area contributed by atoms with Gasteiger partial charge in [0.15, 0.2) is 0 Å². The van der Waals surface area contributed by atoms with Gasteiger partial charge in [0, 0.05) is 5.33 Å². The summed E-state index contributed by atoms with van der Waals surface area (Å²) in [5.41, 5.74) is 0.810. The van der Waals surface area contributed by atoms with Gasteiger partial charge in [-0.2, -0.15) is 0 Å². The van der Waals surface area contributed by atoms with Gasteiger partial charge in [-0.1, -0.05) is 69.1 Å². The Morgan fingerprint density at radius 2 is 1.54 bits per heavy atom. The van der Waals surface area contributed by atoms with Crippen LogP contribution in [0.15, 0.2) is 12.2 Å².